The van der Waals surface area contributed by atoms with Crippen LogP contribution in [0.15, 0.2) is 297 Å². The van der Waals surface area contributed by atoms with Gasteiger partial charge in [0.25, 0.3) is 0 Å². The number of aryl methyl sites for hydroxylation is 1. The van der Waals surface area contributed by atoms with Crippen molar-refractivity contribution in [2.24, 2.45) is 0 Å². The van der Waals surface area contributed by atoms with Crippen molar-refractivity contribution < 1.29 is 0 Å². The maximum atomic E-state index is 2.65. The van der Waals surface area contributed by atoms with Crippen molar-refractivity contribution >= 4 is 57.6 Å². The summed E-state index contributed by atoms with van der Waals surface area (Å²) in [5, 5.41) is 10.9. The van der Waals surface area contributed by atoms with Crippen LogP contribution < -0.4 is 41.5 Å². The van der Waals surface area contributed by atoms with Gasteiger partial charge >= 0.3 is 0 Å². The van der Waals surface area contributed by atoms with Gasteiger partial charge in [0, 0.05) is 0 Å². The molecule has 1 aliphatic rings. The van der Waals surface area contributed by atoms with Crippen molar-refractivity contribution in [3.8, 4) is 22.3 Å². The van der Waals surface area contributed by atoms with E-state index in [1.54, 1.807) is 0 Å². The largest absolute Gasteiger partial charge is 0.179 e. The summed E-state index contributed by atoms with van der Waals surface area (Å²) < 4.78 is 0. The monoisotopic (exact) mass is 924 g/mol. The maximum absolute atomic E-state index is 2.94. The molecule has 0 spiro atoms. The van der Waals surface area contributed by atoms with Gasteiger partial charge in [0.05, 0.1) is 5.41 Å². The van der Waals surface area contributed by atoms with Gasteiger partial charge in [-0.3, -0.25) is 0 Å². The van der Waals surface area contributed by atoms with Crippen LogP contribution in [0.25, 0.3) is 22.3 Å². The second kappa shape index (κ2) is 18.1. The zero-order chi connectivity index (χ0) is 47.0. The molecule has 0 unspecified atom stereocenters. The summed E-state index contributed by atoms with van der Waals surface area (Å²) in [7, 11) is -5.88. The van der Waals surface area contributed by atoms with E-state index >= 15 is 0 Å². The third kappa shape index (κ3) is 6.86. The summed E-state index contributed by atoms with van der Waals surface area (Å²) in [6.07, 6.45) is 0. The summed E-state index contributed by atoms with van der Waals surface area (Å²) in [5.41, 5.74) is 10.7. The molecule has 0 heterocycles. The molecule has 11 aromatic carbocycles. The Bertz CT molecular complexity index is 3170. The molecule has 2 heteroatoms. The minimum atomic E-state index is -2.94. The number of hydrogen-bond donors (Lipinski definition) is 0. The van der Waals surface area contributed by atoms with Crippen molar-refractivity contribution in [2.75, 3.05) is 0 Å². The molecule has 70 heavy (non-hydrogen) atoms. The summed E-state index contributed by atoms with van der Waals surface area (Å²) in [4.78, 5) is 0. The van der Waals surface area contributed by atoms with Crippen LogP contribution in [0.3, 0.4) is 0 Å². The zero-order valence-corrected chi connectivity index (χ0v) is 41.3. The summed E-state index contributed by atoms with van der Waals surface area (Å²) in [5.74, 6) is 0. The van der Waals surface area contributed by atoms with Gasteiger partial charge in [0.15, 0.2) is 16.1 Å². The van der Waals surface area contributed by atoms with Gasteiger partial charge in [0.2, 0.25) is 0 Å². The SMILES string of the molecule is Cc1ccc(C2(c3ccc(-c4ccccc4)cc3)c3cc([Si](c4ccccc4)(c4ccccc4)c4ccccc4)ccc3-c3ccc([Si](c4ccccc4)(c4ccccc4)c4ccccc4)cc32)cc1. The molecule has 0 atom stereocenters. The first-order valence-corrected chi connectivity index (χ1v) is 28.5. The Morgan fingerprint density at radius 1 is 0.243 bits per heavy atom. The molecule has 1 aliphatic carbocycles. The van der Waals surface area contributed by atoms with Crippen LogP contribution in [-0.2, 0) is 5.41 Å². The molecular formula is C68H52Si2. The predicted molar refractivity (Wildman–Crippen MR) is 301 cm³/mol. The summed E-state index contributed by atoms with van der Waals surface area (Å²) >= 11 is 0. The quantitative estimate of drug-likeness (QED) is 0.0896. The fourth-order valence-electron chi connectivity index (χ4n) is 12.1. The van der Waals surface area contributed by atoms with E-state index < -0.39 is 21.6 Å². The van der Waals surface area contributed by atoms with E-state index in [0.29, 0.717) is 0 Å². The van der Waals surface area contributed by atoms with Gasteiger partial charge in [-0.25, -0.2) is 0 Å². The van der Waals surface area contributed by atoms with Crippen LogP contribution in [-0.4, -0.2) is 16.1 Å². The zero-order valence-electron chi connectivity index (χ0n) is 39.3. The van der Waals surface area contributed by atoms with Gasteiger partial charge in [-0.05, 0) is 92.9 Å². The number of fused-ring (bicyclic) bond motifs is 3. The highest BCUT2D eigenvalue weighted by Crippen LogP contribution is 2.56. The Balaban J connectivity index is 1.22. The Morgan fingerprint density at radius 2 is 0.514 bits per heavy atom. The van der Waals surface area contributed by atoms with E-state index in [9.17, 15) is 0 Å². The Labute approximate surface area is 414 Å². The Kier molecular flexibility index (Phi) is 11.1. The van der Waals surface area contributed by atoms with Gasteiger partial charge in [0.1, 0.15) is 0 Å². The Hall–Kier alpha value is -8.15. The van der Waals surface area contributed by atoms with Gasteiger partial charge in [-0.2, -0.15) is 0 Å². The molecule has 0 nitrogen and oxygen atoms in total. The molecule has 0 amide bonds. The molecule has 332 valence electrons. The second-order valence-electron chi connectivity index (χ2n) is 18.8. The van der Waals surface area contributed by atoms with Gasteiger partial charge in [-0.15, -0.1) is 0 Å². The Morgan fingerprint density at radius 3 is 0.829 bits per heavy atom. The second-order valence-corrected chi connectivity index (χ2v) is 26.4. The van der Waals surface area contributed by atoms with Crippen molar-refractivity contribution in [3.05, 3.63) is 325 Å². The van der Waals surface area contributed by atoms with Crippen LogP contribution in [0, 0.1) is 6.92 Å². The number of hydrogen-bond acceptors (Lipinski definition) is 0. The first-order valence-electron chi connectivity index (χ1n) is 24.5. The van der Waals surface area contributed by atoms with E-state index in [0.717, 1.165) is 0 Å². The fourth-order valence-corrected chi connectivity index (χ4v) is 21.6. The average Bonchev–Trinajstić information content (AvgIpc) is 3.73. The fraction of sp³-hybridized carbons (Fsp3) is 0.0294. The molecule has 0 N–H and O–H groups in total. The van der Waals surface area contributed by atoms with E-state index in [2.05, 4.69) is 304 Å². The van der Waals surface area contributed by atoms with Crippen LogP contribution in [0.1, 0.15) is 27.8 Å². The molecule has 0 radical (unpaired) electrons. The van der Waals surface area contributed by atoms with Crippen LogP contribution in [0.4, 0.5) is 0 Å². The maximum Gasteiger partial charge on any atom is 0.179 e. The average molecular weight is 925 g/mol. The van der Waals surface area contributed by atoms with Crippen LogP contribution in [0.5, 0.6) is 0 Å². The third-order valence-electron chi connectivity index (χ3n) is 15.2. The van der Waals surface area contributed by atoms with Crippen molar-refractivity contribution in [2.45, 2.75) is 12.3 Å². The van der Waals surface area contributed by atoms with E-state index in [1.165, 1.54) is 91.6 Å². The smallest absolute Gasteiger partial charge is 0.0623 e. The van der Waals surface area contributed by atoms with E-state index in [-0.39, 0.29) is 0 Å². The first-order chi connectivity index (χ1) is 34.6. The highest BCUT2D eigenvalue weighted by Gasteiger charge is 2.50. The van der Waals surface area contributed by atoms with Crippen LogP contribution in [0.2, 0.25) is 0 Å². The van der Waals surface area contributed by atoms with Crippen molar-refractivity contribution in [1.82, 2.24) is 0 Å². The molecule has 12 rings (SSSR count). The molecular weight excluding hydrogens is 873 g/mol. The molecule has 0 aliphatic heterocycles. The third-order valence-corrected chi connectivity index (χ3v) is 24.7. The number of benzene rings is 11. The lowest BCUT2D eigenvalue weighted by atomic mass is 9.67. The van der Waals surface area contributed by atoms with E-state index in [4.69, 9.17) is 0 Å². The summed E-state index contributed by atoms with van der Waals surface area (Å²) in [6, 6.07) is 113. The van der Waals surface area contributed by atoms with Gasteiger partial charge < -0.3 is 0 Å². The molecule has 0 fully saturated rings. The highest BCUT2D eigenvalue weighted by molar-refractivity contribution is 7.20. The van der Waals surface area contributed by atoms with E-state index in [1.807, 2.05) is 0 Å². The molecule has 0 aromatic heterocycles. The highest BCUT2D eigenvalue weighted by atomic mass is 28.3. The minimum absolute atomic E-state index is 0.686. The predicted octanol–water partition coefficient (Wildman–Crippen LogP) is 10.8. The lowest BCUT2D eigenvalue weighted by molar-refractivity contribution is 0.769. The minimum Gasteiger partial charge on any atom is -0.0623 e. The van der Waals surface area contributed by atoms with Gasteiger partial charge in [-0.1, -0.05) is 303 Å². The molecule has 11 aromatic rings. The first kappa shape index (κ1) is 43.2. The lowest BCUT2D eigenvalue weighted by Gasteiger charge is -2.38. The molecule has 0 bridgehead atoms. The standard InChI is InChI=1S/C68H52Si2/c1-51-37-41-54(42-38-51)68(55-43-39-53(40-44-55)52-23-9-2-10-24-52)66-49-62(69(56-25-11-3-12-26-56,57-27-13-4-14-28-57)58-29-15-5-16-30-58)45-47-64(66)65-48-46-63(50-67(65)68)70(59-31-17-6-18-32-59,60-33-19-7-20-34-60)61-35-21-8-22-36-61/h2-50H,1H3. The van der Waals surface area contributed by atoms with Crippen molar-refractivity contribution in [3.63, 3.8) is 0 Å². The lowest BCUT2D eigenvalue weighted by Crippen LogP contribution is -2.74. The number of rotatable bonds is 11. The summed E-state index contributed by atoms with van der Waals surface area (Å²) in [6.45, 7) is 2.21. The van der Waals surface area contributed by atoms with Crippen molar-refractivity contribution in [1.29, 1.82) is 0 Å². The molecule has 0 saturated carbocycles. The van der Waals surface area contributed by atoms with Crippen LogP contribution >= 0.6 is 0 Å². The molecule has 0 saturated heterocycles. The normalized spacial score (nSPS) is 12.8. The topological polar surface area (TPSA) is 0 Å².